The van der Waals surface area contributed by atoms with Crippen molar-refractivity contribution < 1.29 is 9.59 Å². The molecule has 102 valence electrons. The lowest BCUT2D eigenvalue weighted by Crippen LogP contribution is -2.46. The van der Waals surface area contributed by atoms with Crippen molar-refractivity contribution in [1.29, 1.82) is 0 Å². The molecule has 4 heteroatoms. The van der Waals surface area contributed by atoms with E-state index in [0.717, 1.165) is 24.0 Å². The van der Waals surface area contributed by atoms with Gasteiger partial charge in [0.15, 0.2) is 0 Å². The fraction of sp³-hybridized carbons (Fsp3) is 0.467. The van der Waals surface area contributed by atoms with Crippen molar-refractivity contribution in [2.75, 3.05) is 13.1 Å². The number of hydrogen-bond acceptors (Lipinski definition) is 2. The Kier molecular flexibility index (Phi) is 4.20. The molecule has 0 radical (unpaired) electrons. The topological polar surface area (TPSA) is 49.4 Å². The Morgan fingerprint density at radius 3 is 2.53 bits per heavy atom. The molecule has 0 spiro atoms. The summed E-state index contributed by atoms with van der Waals surface area (Å²) in [6, 6.07) is 7.88. The second-order valence-electron chi connectivity index (χ2n) is 5.14. The summed E-state index contributed by atoms with van der Waals surface area (Å²) in [5.74, 6) is 0.0911. The third kappa shape index (κ3) is 3.56. The van der Waals surface area contributed by atoms with Crippen LogP contribution in [0.5, 0.6) is 0 Å². The van der Waals surface area contributed by atoms with Crippen molar-refractivity contribution in [3.63, 3.8) is 0 Å². The third-order valence-electron chi connectivity index (χ3n) is 3.45. The lowest BCUT2D eigenvalue weighted by atomic mass is 10.0. The van der Waals surface area contributed by atoms with Crippen LogP contribution >= 0.6 is 0 Å². The number of nitrogens with one attached hydrogen (secondary N) is 1. The highest BCUT2D eigenvalue weighted by Crippen LogP contribution is 2.14. The fourth-order valence-corrected chi connectivity index (χ4v) is 2.48. The molecule has 0 atom stereocenters. The highest BCUT2D eigenvalue weighted by atomic mass is 16.2. The highest BCUT2D eigenvalue weighted by Gasteiger charge is 2.23. The lowest BCUT2D eigenvalue weighted by Gasteiger charge is -2.32. The van der Waals surface area contributed by atoms with E-state index in [9.17, 15) is 9.59 Å². The zero-order valence-electron chi connectivity index (χ0n) is 11.5. The zero-order valence-corrected chi connectivity index (χ0v) is 11.5. The third-order valence-corrected chi connectivity index (χ3v) is 3.45. The Morgan fingerprint density at radius 1 is 1.26 bits per heavy atom. The van der Waals surface area contributed by atoms with E-state index in [-0.39, 0.29) is 17.9 Å². The molecule has 1 N–H and O–H groups in total. The summed E-state index contributed by atoms with van der Waals surface area (Å²) in [7, 11) is 0. The molecular weight excluding hydrogens is 240 g/mol. The molecule has 1 aromatic carbocycles. The van der Waals surface area contributed by atoms with E-state index in [1.54, 1.807) is 0 Å². The molecule has 1 aliphatic rings. The molecule has 1 aliphatic heterocycles. The monoisotopic (exact) mass is 260 g/mol. The van der Waals surface area contributed by atoms with Crippen LogP contribution in [0.3, 0.4) is 0 Å². The molecule has 0 unspecified atom stereocenters. The van der Waals surface area contributed by atoms with Gasteiger partial charge in [0.2, 0.25) is 5.91 Å². The molecule has 4 nitrogen and oxygen atoms in total. The van der Waals surface area contributed by atoms with Gasteiger partial charge in [-0.3, -0.25) is 9.59 Å². The minimum Gasteiger partial charge on any atom is -0.353 e. The summed E-state index contributed by atoms with van der Waals surface area (Å²) in [5, 5.41) is 2.91. The number of carbonyl (C=O) groups excluding carboxylic acids is 2. The van der Waals surface area contributed by atoms with Gasteiger partial charge in [0.25, 0.3) is 5.91 Å². The highest BCUT2D eigenvalue weighted by molar-refractivity contribution is 5.94. The Labute approximate surface area is 113 Å². The van der Waals surface area contributed by atoms with E-state index in [1.165, 1.54) is 6.92 Å². The minimum atomic E-state index is 0.00320. The average Bonchev–Trinajstić information content (AvgIpc) is 2.38. The first-order valence-corrected chi connectivity index (χ1v) is 6.69. The number of amides is 2. The number of aryl methyl sites for hydroxylation is 1. The van der Waals surface area contributed by atoms with Crippen LogP contribution < -0.4 is 5.32 Å². The van der Waals surface area contributed by atoms with Crippen molar-refractivity contribution in [3.8, 4) is 0 Å². The molecule has 0 saturated carbocycles. The second-order valence-corrected chi connectivity index (χ2v) is 5.14. The van der Waals surface area contributed by atoms with E-state index in [1.807, 2.05) is 36.1 Å². The van der Waals surface area contributed by atoms with Crippen LogP contribution in [0.15, 0.2) is 24.3 Å². The Bertz CT molecular complexity index is 477. The van der Waals surface area contributed by atoms with E-state index in [4.69, 9.17) is 0 Å². The Balaban J connectivity index is 1.94. The van der Waals surface area contributed by atoms with Crippen molar-refractivity contribution in [3.05, 3.63) is 35.4 Å². The summed E-state index contributed by atoms with van der Waals surface area (Å²) < 4.78 is 0. The first-order valence-electron chi connectivity index (χ1n) is 6.69. The van der Waals surface area contributed by atoms with Crippen molar-refractivity contribution in [2.24, 2.45) is 0 Å². The number of benzene rings is 1. The Morgan fingerprint density at radius 2 is 1.95 bits per heavy atom. The van der Waals surface area contributed by atoms with Gasteiger partial charge in [-0.1, -0.05) is 17.7 Å². The maximum Gasteiger partial charge on any atom is 0.253 e. The molecule has 0 aromatic heterocycles. The molecule has 0 bridgehead atoms. The maximum atomic E-state index is 12.3. The van der Waals surface area contributed by atoms with Gasteiger partial charge < -0.3 is 10.2 Å². The van der Waals surface area contributed by atoms with Crippen LogP contribution in [0.2, 0.25) is 0 Å². The van der Waals surface area contributed by atoms with Gasteiger partial charge in [0.1, 0.15) is 0 Å². The minimum absolute atomic E-state index is 0.00320. The fourth-order valence-electron chi connectivity index (χ4n) is 2.48. The molecule has 0 aliphatic carbocycles. The first-order chi connectivity index (χ1) is 9.06. The number of piperidine rings is 1. The summed E-state index contributed by atoms with van der Waals surface area (Å²) >= 11 is 0. The van der Waals surface area contributed by atoms with Gasteiger partial charge in [0.05, 0.1) is 0 Å². The van der Waals surface area contributed by atoms with E-state index >= 15 is 0 Å². The van der Waals surface area contributed by atoms with E-state index in [0.29, 0.717) is 13.1 Å². The van der Waals surface area contributed by atoms with Gasteiger partial charge in [-0.2, -0.15) is 0 Å². The molecule has 1 heterocycles. The number of nitrogens with zero attached hydrogens (tertiary/aromatic N) is 1. The van der Waals surface area contributed by atoms with Gasteiger partial charge in [-0.25, -0.2) is 0 Å². The second kappa shape index (κ2) is 5.87. The van der Waals surface area contributed by atoms with Gasteiger partial charge in [0, 0.05) is 31.6 Å². The van der Waals surface area contributed by atoms with Crippen molar-refractivity contribution in [1.82, 2.24) is 10.2 Å². The molecule has 1 aromatic rings. The molecule has 1 saturated heterocycles. The summed E-state index contributed by atoms with van der Waals surface area (Å²) in [4.78, 5) is 25.2. The summed E-state index contributed by atoms with van der Waals surface area (Å²) in [6.45, 7) is 4.93. The van der Waals surface area contributed by atoms with Gasteiger partial charge >= 0.3 is 0 Å². The van der Waals surface area contributed by atoms with Gasteiger partial charge in [-0.15, -0.1) is 0 Å². The van der Waals surface area contributed by atoms with Crippen molar-refractivity contribution >= 4 is 11.8 Å². The molecule has 19 heavy (non-hydrogen) atoms. The van der Waals surface area contributed by atoms with Crippen LogP contribution in [-0.4, -0.2) is 35.8 Å². The smallest absolute Gasteiger partial charge is 0.253 e. The van der Waals surface area contributed by atoms with Gasteiger partial charge in [-0.05, 0) is 31.9 Å². The number of likely N-dealkylation sites (tertiary alicyclic amines) is 1. The van der Waals surface area contributed by atoms with E-state index in [2.05, 4.69) is 5.32 Å². The number of carbonyl (C=O) groups is 2. The molecule has 1 fully saturated rings. The largest absolute Gasteiger partial charge is 0.353 e. The molecule has 2 amide bonds. The van der Waals surface area contributed by atoms with Crippen LogP contribution in [0.1, 0.15) is 35.7 Å². The normalized spacial score (nSPS) is 16.2. The van der Waals surface area contributed by atoms with Crippen LogP contribution in [0.4, 0.5) is 0 Å². The molecular formula is C15H20N2O2. The van der Waals surface area contributed by atoms with Crippen LogP contribution in [0, 0.1) is 6.92 Å². The summed E-state index contributed by atoms with van der Waals surface area (Å²) in [5.41, 5.74) is 1.84. The first kappa shape index (κ1) is 13.6. The predicted octanol–water partition coefficient (Wildman–Crippen LogP) is 1.74. The SMILES string of the molecule is CC(=O)NC1CCN(C(=O)c2cccc(C)c2)CC1. The maximum absolute atomic E-state index is 12.3. The average molecular weight is 260 g/mol. The zero-order chi connectivity index (χ0) is 13.8. The Hall–Kier alpha value is -1.84. The van der Waals surface area contributed by atoms with Crippen LogP contribution in [0.25, 0.3) is 0 Å². The lowest BCUT2D eigenvalue weighted by molar-refractivity contribution is -0.119. The standard InChI is InChI=1S/C15H20N2O2/c1-11-4-3-5-13(10-11)15(19)17-8-6-14(7-9-17)16-12(2)18/h3-5,10,14H,6-9H2,1-2H3,(H,16,18). The quantitative estimate of drug-likeness (QED) is 0.880. The number of rotatable bonds is 2. The molecule has 2 rings (SSSR count). The summed E-state index contributed by atoms with van der Waals surface area (Å²) in [6.07, 6.45) is 1.66. The van der Waals surface area contributed by atoms with Crippen LogP contribution in [-0.2, 0) is 4.79 Å². The van der Waals surface area contributed by atoms with E-state index < -0.39 is 0 Å². The number of hydrogen-bond donors (Lipinski definition) is 1. The van der Waals surface area contributed by atoms with Crippen molar-refractivity contribution in [2.45, 2.75) is 32.7 Å². The predicted molar refractivity (Wildman–Crippen MR) is 73.9 cm³/mol.